The zero-order chi connectivity index (χ0) is 12.3. The quantitative estimate of drug-likeness (QED) is 0.860. The summed E-state index contributed by atoms with van der Waals surface area (Å²) in [5, 5.41) is 3.27. The first kappa shape index (κ1) is 12.4. The molecule has 94 valence electrons. The van der Waals surface area contributed by atoms with E-state index in [1.807, 2.05) is 0 Å². The summed E-state index contributed by atoms with van der Waals surface area (Å²) in [5.74, 6) is -1.79. The SMILES string of the molecule is FCc1cc(F)c(F)c(CC2CCCCN2)c1. The predicted octanol–water partition coefficient (Wildman–Crippen LogP) is 3.12. The van der Waals surface area contributed by atoms with E-state index in [0.29, 0.717) is 6.42 Å². The van der Waals surface area contributed by atoms with Crippen LogP contribution in [-0.2, 0) is 13.1 Å². The van der Waals surface area contributed by atoms with E-state index in [2.05, 4.69) is 5.32 Å². The van der Waals surface area contributed by atoms with Gasteiger partial charge in [0.15, 0.2) is 11.6 Å². The van der Waals surface area contributed by atoms with Gasteiger partial charge in [-0.1, -0.05) is 12.5 Å². The Morgan fingerprint density at radius 1 is 1.24 bits per heavy atom. The van der Waals surface area contributed by atoms with Crippen molar-refractivity contribution in [3.63, 3.8) is 0 Å². The summed E-state index contributed by atoms with van der Waals surface area (Å²) in [6.45, 7) is 0.153. The molecular formula is C13H16F3N. The number of hydrogen-bond donors (Lipinski definition) is 1. The van der Waals surface area contributed by atoms with E-state index >= 15 is 0 Å². The van der Waals surface area contributed by atoms with Crippen molar-refractivity contribution in [1.82, 2.24) is 5.32 Å². The lowest BCUT2D eigenvalue weighted by Crippen LogP contribution is -2.35. The van der Waals surface area contributed by atoms with Gasteiger partial charge in [0.1, 0.15) is 6.67 Å². The van der Waals surface area contributed by atoms with E-state index in [9.17, 15) is 13.2 Å². The fourth-order valence-corrected chi connectivity index (χ4v) is 2.30. The lowest BCUT2D eigenvalue weighted by atomic mass is 9.96. The summed E-state index contributed by atoms with van der Waals surface area (Å²) in [5.41, 5.74) is 0.478. The smallest absolute Gasteiger partial charge is 0.162 e. The van der Waals surface area contributed by atoms with Crippen LogP contribution in [0.5, 0.6) is 0 Å². The summed E-state index contributed by atoms with van der Waals surface area (Å²) in [6, 6.07) is 2.52. The summed E-state index contributed by atoms with van der Waals surface area (Å²) in [4.78, 5) is 0. The summed E-state index contributed by atoms with van der Waals surface area (Å²) < 4.78 is 39.3. The molecule has 1 aromatic rings. The highest BCUT2D eigenvalue weighted by Crippen LogP contribution is 2.20. The van der Waals surface area contributed by atoms with Crippen molar-refractivity contribution in [2.24, 2.45) is 0 Å². The van der Waals surface area contributed by atoms with Crippen LogP contribution in [0.15, 0.2) is 12.1 Å². The summed E-state index contributed by atoms with van der Waals surface area (Å²) in [6.07, 6.45) is 3.61. The van der Waals surface area contributed by atoms with Crippen molar-refractivity contribution in [3.8, 4) is 0 Å². The highest BCUT2D eigenvalue weighted by molar-refractivity contribution is 5.27. The fraction of sp³-hybridized carbons (Fsp3) is 0.538. The van der Waals surface area contributed by atoms with Crippen molar-refractivity contribution in [2.45, 2.75) is 38.4 Å². The molecule has 1 aliphatic rings. The van der Waals surface area contributed by atoms with Crippen LogP contribution in [0.1, 0.15) is 30.4 Å². The number of piperidine rings is 1. The number of benzene rings is 1. The molecule has 1 fully saturated rings. The highest BCUT2D eigenvalue weighted by atomic mass is 19.2. The molecule has 1 atom stereocenters. The van der Waals surface area contributed by atoms with Gasteiger partial charge in [0, 0.05) is 6.04 Å². The van der Waals surface area contributed by atoms with Gasteiger partial charge >= 0.3 is 0 Å². The Hall–Kier alpha value is -1.03. The standard InChI is InChI=1S/C13H16F3N/c14-8-9-5-10(13(16)12(15)6-9)7-11-3-1-2-4-17-11/h5-6,11,17H,1-4,7-8H2. The number of alkyl halides is 1. The zero-order valence-electron chi connectivity index (χ0n) is 9.61. The van der Waals surface area contributed by atoms with E-state index < -0.39 is 18.3 Å². The zero-order valence-corrected chi connectivity index (χ0v) is 9.61. The third kappa shape index (κ3) is 3.00. The number of rotatable bonds is 3. The lowest BCUT2D eigenvalue weighted by molar-refractivity contribution is 0.391. The molecule has 1 aliphatic heterocycles. The average Bonchev–Trinajstić information content (AvgIpc) is 2.36. The highest BCUT2D eigenvalue weighted by Gasteiger charge is 2.17. The lowest BCUT2D eigenvalue weighted by Gasteiger charge is -2.23. The van der Waals surface area contributed by atoms with Gasteiger partial charge in [-0.25, -0.2) is 13.2 Å². The van der Waals surface area contributed by atoms with Crippen LogP contribution in [0.2, 0.25) is 0 Å². The van der Waals surface area contributed by atoms with E-state index in [1.54, 1.807) is 0 Å². The molecule has 2 rings (SSSR count). The number of hydrogen-bond acceptors (Lipinski definition) is 1. The van der Waals surface area contributed by atoms with Crippen LogP contribution in [-0.4, -0.2) is 12.6 Å². The van der Waals surface area contributed by atoms with Gasteiger partial charge < -0.3 is 5.32 Å². The normalized spacial score (nSPS) is 20.5. The predicted molar refractivity (Wildman–Crippen MR) is 60.5 cm³/mol. The van der Waals surface area contributed by atoms with Crippen molar-refractivity contribution < 1.29 is 13.2 Å². The molecule has 0 spiro atoms. The van der Waals surface area contributed by atoms with Crippen LogP contribution in [0, 0.1) is 11.6 Å². The van der Waals surface area contributed by atoms with E-state index in [1.165, 1.54) is 6.07 Å². The maximum atomic E-state index is 13.5. The van der Waals surface area contributed by atoms with Gasteiger partial charge in [-0.3, -0.25) is 0 Å². The molecule has 17 heavy (non-hydrogen) atoms. The Morgan fingerprint density at radius 3 is 2.71 bits per heavy atom. The molecule has 1 unspecified atom stereocenters. The van der Waals surface area contributed by atoms with Crippen molar-refractivity contribution in [3.05, 3.63) is 34.9 Å². The van der Waals surface area contributed by atoms with Gasteiger partial charge in [-0.05, 0) is 43.0 Å². The topological polar surface area (TPSA) is 12.0 Å². The van der Waals surface area contributed by atoms with E-state index in [4.69, 9.17) is 0 Å². The van der Waals surface area contributed by atoms with Crippen LogP contribution < -0.4 is 5.32 Å². The van der Waals surface area contributed by atoms with Crippen LogP contribution in [0.3, 0.4) is 0 Å². The van der Waals surface area contributed by atoms with Crippen LogP contribution in [0.25, 0.3) is 0 Å². The maximum Gasteiger partial charge on any atom is 0.162 e. The van der Waals surface area contributed by atoms with Gasteiger partial charge in [-0.15, -0.1) is 0 Å². The van der Waals surface area contributed by atoms with Crippen molar-refractivity contribution >= 4 is 0 Å². The third-order valence-corrected chi connectivity index (χ3v) is 3.20. The molecule has 0 saturated carbocycles. The Bertz CT molecular complexity index is 386. The molecule has 1 nitrogen and oxygen atoms in total. The van der Waals surface area contributed by atoms with Gasteiger partial charge in [-0.2, -0.15) is 0 Å². The molecule has 0 radical (unpaired) electrons. The minimum Gasteiger partial charge on any atom is -0.314 e. The second-order valence-corrected chi connectivity index (χ2v) is 4.54. The van der Waals surface area contributed by atoms with Gasteiger partial charge in [0.2, 0.25) is 0 Å². The van der Waals surface area contributed by atoms with Crippen molar-refractivity contribution in [1.29, 1.82) is 0 Å². The first-order chi connectivity index (χ1) is 8.20. The largest absolute Gasteiger partial charge is 0.314 e. The molecule has 0 bridgehead atoms. The molecule has 0 aliphatic carbocycles. The number of halogens is 3. The molecule has 1 heterocycles. The molecular weight excluding hydrogens is 227 g/mol. The number of nitrogens with one attached hydrogen (secondary N) is 1. The third-order valence-electron chi connectivity index (χ3n) is 3.20. The second-order valence-electron chi connectivity index (χ2n) is 4.54. The second kappa shape index (κ2) is 5.54. The first-order valence-electron chi connectivity index (χ1n) is 5.97. The molecule has 0 amide bonds. The Kier molecular flexibility index (Phi) is 4.05. The molecule has 1 aromatic carbocycles. The maximum absolute atomic E-state index is 13.5. The Balaban J connectivity index is 2.15. The van der Waals surface area contributed by atoms with Gasteiger partial charge in [0.25, 0.3) is 0 Å². The van der Waals surface area contributed by atoms with Crippen LogP contribution in [0.4, 0.5) is 13.2 Å². The van der Waals surface area contributed by atoms with Crippen LogP contribution >= 0.6 is 0 Å². The summed E-state index contributed by atoms with van der Waals surface area (Å²) in [7, 11) is 0. The molecule has 0 aromatic heterocycles. The fourth-order valence-electron chi connectivity index (χ4n) is 2.30. The molecule has 1 N–H and O–H groups in total. The molecule has 4 heteroatoms. The van der Waals surface area contributed by atoms with Gasteiger partial charge in [0.05, 0.1) is 0 Å². The Morgan fingerprint density at radius 2 is 2.06 bits per heavy atom. The summed E-state index contributed by atoms with van der Waals surface area (Å²) >= 11 is 0. The first-order valence-corrected chi connectivity index (χ1v) is 5.97. The minimum atomic E-state index is -0.953. The monoisotopic (exact) mass is 243 g/mol. The molecule has 1 saturated heterocycles. The average molecular weight is 243 g/mol. The Labute approximate surface area is 99.0 Å². The van der Waals surface area contributed by atoms with Crippen molar-refractivity contribution in [2.75, 3.05) is 6.54 Å². The minimum absolute atomic E-state index is 0.174. The van der Waals surface area contributed by atoms with E-state index in [0.717, 1.165) is 31.9 Å². The van der Waals surface area contributed by atoms with E-state index in [-0.39, 0.29) is 17.2 Å².